The summed E-state index contributed by atoms with van der Waals surface area (Å²) in [6.07, 6.45) is 3.65. The Morgan fingerprint density at radius 2 is 2.54 bits per heavy atom. The minimum absolute atomic E-state index is 0.0544. The Morgan fingerprint density at radius 3 is 3.08 bits per heavy atom. The first-order valence-electron chi connectivity index (χ1n) is 4.11. The van der Waals surface area contributed by atoms with Crippen LogP contribution < -0.4 is 0 Å². The maximum absolute atomic E-state index is 11.3. The van der Waals surface area contributed by atoms with E-state index in [1.165, 1.54) is 5.01 Å². The average Bonchev–Trinajstić information content (AvgIpc) is 2.63. The van der Waals surface area contributed by atoms with Crippen molar-refractivity contribution in [2.45, 2.75) is 19.9 Å². The van der Waals surface area contributed by atoms with E-state index in [1.807, 2.05) is 13.0 Å². The van der Waals surface area contributed by atoms with E-state index in [0.29, 0.717) is 13.0 Å². The molecule has 1 amide bonds. The number of carbonyl (C=O) groups is 1. The lowest BCUT2D eigenvalue weighted by Gasteiger charge is -2.08. The molecule has 0 radical (unpaired) electrons. The molecule has 1 aromatic rings. The van der Waals surface area contributed by atoms with E-state index in [1.54, 1.807) is 12.5 Å². The minimum Gasteiger partial charge on any atom is -0.472 e. The molecule has 0 unspecified atom stereocenters. The summed E-state index contributed by atoms with van der Waals surface area (Å²) in [6, 6.07) is 1.83. The van der Waals surface area contributed by atoms with Crippen molar-refractivity contribution in [3.05, 3.63) is 24.2 Å². The van der Waals surface area contributed by atoms with E-state index in [9.17, 15) is 4.79 Å². The third kappa shape index (κ3) is 1.61. The number of carbonyl (C=O) groups excluding carboxylic acids is 1. The number of nitrogens with zero attached hydrogens (tertiary/aromatic N) is 2. The largest absolute Gasteiger partial charge is 0.472 e. The molecule has 2 rings (SSSR count). The van der Waals surface area contributed by atoms with Gasteiger partial charge in [0, 0.05) is 11.3 Å². The van der Waals surface area contributed by atoms with Crippen LogP contribution in [0.1, 0.15) is 18.9 Å². The molecule has 0 saturated heterocycles. The molecule has 13 heavy (non-hydrogen) atoms. The summed E-state index contributed by atoms with van der Waals surface area (Å²) in [5, 5.41) is 5.58. The monoisotopic (exact) mass is 178 g/mol. The first-order chi connectivity index (χ1) is 6.25. The SMILES string of the molecule is CC1=NN(Cc2ccoc2)C(=O)C1. The molecule has 0 atom stereocenters. The maximum Gasteiger partial charge on any atom is 0.248 e. The van der Waals surface area contributed by atoms with Crippen LogP contribution in [0.2, 0.25) is 0 Å². The van der Waals surface area contributed by atoms with Crippen LogP contribution in [-0.4, -0.2) is 16.6 Å². The van der Waals surface area contributed by atoms with Gasteiger partial charge in [0.05, 0.1) is 25.5 Å². The van der Waals surface area contributed by atoms with Gasteiger partial charge in [0.1, 0.15) is 0 Å². The summed E-state index contributed by atoms with van der Waals surface area (Å²) in [5.41, 5.74) is 1.83. The van der Waals surface area contributed by atoms with Crippen molar-refractivity contribution in [2.75, 3.05) is 0 Å². The fraction of sp³-hybridized carbons (Fsp3) is 0.333. The van der Waals surface area contributed by atoms with E-state index in [4.69, 9.17) is 4.42 Å². The molecule has 0 aromatic carbocycles. The maximum atomic E-state index is 11.3. The summed E-state index contributed by atoms with van der Waals surface area (Å²) >= 11 is 0. The third-order valence-corrected chi connectivity index (χ3v) is 1.90. The molecule has 4 heteroatoms. The Morgan fingerprint density at radius 1 is 1.69 bits per heavy atom. The van der Waals surface area contributed by atoms with Gasteiger partial charge in [-0.3, -0.25) is 4.79 Å². The van der Waals surface area contributed by atoms with E-state index >= 15 is 0 Å². The third-order valence-electron chi connectivity index (χ3n) is 1.90. The molecule has 0 fully saturated rings. The molecule has 0 bridgehead atoms. The summed E-state index contributed by atoms with van der Waals surface area (Å²) in [7, 11) is 0. The molecule has 68 valence electrons. The van der Waals surface area contributed by atoms with Crippen molar-refractivity contribution in [3.8, 4) is 0 Å². The lowest BCUT2D eigenvalue weighted by Crippen LogP contribution is -2.19. The van der Waals surface area contributed by atoms with Gasteiger partial charge in [-0.05, 0) is 13.0 Å². The van der Waals surface area contributed by atoms with Gasteiger partial charge in [-0.2, -0.15) is 5.10 Å². The van der Waals surface area contributed by atoms with Crippen LogP contribution in [0.25, 0.3) is 0 Å². The summed E-state index contributed by atoms with van der Waals surface area (Å²) in [4.78, 5) is 11.3. The Labute approximate surface area is 75.8 Å². The molecule has 2 heterocycles. The summed E-state index contributed by atoms with van der Waals surface area (Å²) in [5.74, 6) is 0.0544. The topological polar surface area (TPSA) is 45.8 Å². The average molecular weight is 178 g/mol. The first kappa shape index (κ1) is 8.04. The van der Waals surface area contributed by atoms with Gasteiger partial charge in [0.2, 0.25) is 5.91 Å². The molecule has 1 aromatic heterocycles. The molecule has 0 spiro atoms. The molecular weight excluding hydrogens is 168 g/mol. The van der Waals surface area contributed by atoms with Gasteiger partial charge >= 0.3 is 0 Å². The predicted octanol–water partition coefficient (Wildman–Crippen LogP) is 1.39. The van der Waals surface area contributed by atoms with Crippen molar-refractivity contribution in [3.63, 3.8) is 0 Å². The van der Waals surface area contributed by atoms with Crippen molar-refractivity contribution < 1.29 is 9.21 Å². The fourth-order valence-electron chi connectivity index (χ4n) is 1.29. The van der Waals surface area contributed by atoms with Gasteiger partial charge in [-0.25, -0.2) is 5.01 Å². The smallest absolute Gasteiger partial charge is 0.248 e. The van der Waals surface area contributed by atoms with E-state index in [2.05, 4.69) is 5.10 Å². The Bertz CT molecular complexity index is 341. The lowest BCUT2D eigenvalue weighted by molar-refractivity contribution is -0.129. The number of hydrogen-bond acceptors (Lipinski definition) is 3. The highest BCUT2D eigenvalue weighted by molar-refractivity contribution is 6.03. The second-order valence-electron chi connectivity index (χ2n) is 3.10. The number of furan rings is 1. The van der Waals surface area contributed by atoms with Crippen LogP contribution in [0.4, 0.5) is 0 Å². The minimum atomic E-state index is 0.0544. The van der Waals surface area contributed by atoms with Crippen molar-refractivity contribution in [1.82, 2.24) is 5.01 Å². The van der Waals surface area contributed by atoms with Crippen LogP contribution >= 0.6 is 0 Å². The van der Waals surface area contributed by atoms with Crippen molar-refractivity contribution in [2.24, 2.45) is 5.10 Å². The highest BCUT2D eigenvalue weighted by atomic mass is 16.3. The van der Waals surface area contributed by atoms with Crippen LogP contribution in [0.15, 0.2) is 28.1 Å². The zero-order valence-electron chi connectivity index (χ0n) is 7.36. The van der Waals surface area contributed by atoms with Gasteiger partial charge in [-0.1, -0.05) is 0 Å². The fourth-order valence-corrected chi connectivity index (χ4v) is 1.29. The van der Waals surface area contributed by atoms with Crippen LogP contribution in [-0.2, 0) is 11.3 Å². The normalized spacial score (nSPS) is 16.5. The highest BCUT2D eigenvalue weighted by Gasteiger charge is 2.20. The first-order valence-corrected chi connectivity index (χ1v) is 4.11. The molecule has 1 aliphatic rings. The molecular formula is C9H10N2O2. The van der Waals surface area contributed by atoms with Gasteiger partial charge in [0.15, 0.2) is 0 Å². The summed E-state index contributed by atoms with van der Waals surface area (Å²) < 4.78 is 4.90. The van der Waals surface area contributed by atoms with E-state index in [0.717, 1.165) is 11.3 Å². The predicted molar refractivity (Wildman–Crippen MR) is 47.0 cm³/mol. The molecule has 0 saturated carbocycles. The standard InChI is InChI=1S/C9H10N2O2/c1-7-4-9(12)11(10-7)5-8-2-3-13-6-8/h2-3,6H,4-5H2,1H3. The lowest BCUT2D eigenvalue weighted by atomic mass is 10.3. The van der Waals surface area contributed by atoms with Crippen LogP contribution in [0.3, 0.4) is 0 Å². The van der Waals surface area contributed by atoms with Crippen molar-refractivity contribution >= 4 is 11.6 Å². The number of hydrazone groups is 1. The number of rotatable bonds is 2. The second-order valence-corrected chi connectivity index (χ2v) is 3.10. The molecule has 1 aliphatic heterocycles. The zero-order valence-corrected chi connectivity index (χ0v) is 7.36. The van der Waals surface area contributed by atoms with Crippen LogP contribution in [0, 0.1) is 0 Å². The van der Waals surface area contributed by atoms with Gasteiger partial charge < -0.3 is 4.42 Å². The molecule has 0 N–H and O–H groups in total. The molecule has 0 aliphatic carbocycles. The quantitative estimate of drug-likeness (QED) is 0.686. The van der Waals surface area contributed by atoms with E-state index in [-0.39, 0.29) is 5.91 Å². The highest BCUT2D eigenvalue weighted by Crippen LogP contribution is 2.12. The Kier molecular flexibility index (Phi) is 1.88. The zero-order chi connectivity index (χ0) is 9.26. The van der Waals surface area contributed by atoms with Crippen LogP contribution in [0.5, 0.6) is 0 Å². The number of amides is 1. The van der Waals surface area contributed by atoms with Crippen molar-refractivity contribution in [1.29, 1.82) is 0 Å². The van der Waals surface area contributed by atoms with E-state index < -0.39 is 0 Å². The Balaban J connectivity index is 2.07. The molecule has 4 nitrogen and oxygen atoms in total. The Hall–Kier alpha value is -1.58. The number of hydrogen-bond donors (Lipinski definition) is 0. The summed E-state index contributed by atoms with van der Waals surface area (Å²) in [6.45, 7) is 2.36. The van der Waals surface area contributed by atoms with Gasteiger partial charge in [0.25, 0.3) is 0 Å². The second kappa shape index (κ2) is 3.05. The van der Waals surface area contributed by atoms with Gasteiger partial charge in [-0.15, -0.1) is 0 Å².